The Kier molecular flexibility index (Phi) is 7.75. The molecule has 0 aromatic heterocycles. The Morgan fingerprint density at radius 1 is 0.600 bits per heavy atom. The molecule has 0 amide bonds. The summed E-state index contributed by atoms with van der Waals surface area (Å²) in [5, 5.41) is 2.79. The van der Waals surface area contributed by atoms with Gasteiger partial charge in [-0.1, -0.05) is 69.2 Å². The van der Waals surface area contributed by atoms with E-state index in [2.05, 4.69) is 60.7 Å². The molecule has 0 unspecified atom stereocenters. The summed E-state index contributed by atoms with van der Waals surface area (Å²) in [6.45, 7) is 0. The summed E-state index contributed by atoms with van der Waals surface area (Å²) < 4.78 is 0. The van der Waals surface area contributed by atoms with Crippen LogP contribution in [0.4, 0.5) is 0 Å². The Bertz CT molecular complexity index is 326. The second kappa shape index (κ2) is 7.92. The molecule has 2 aromatic rings. The van der Waals surface area contributed by atoms with E-state index in [-0.39, 0.29) is 29.8 Å². The van der Waals surface area contributed by atoms with Gasteiger partial charge in [0.25, 0.3) is 0 Å². The molecule has 2 aromatic carbocycles. The molecule has 0 heterocycles. The van der Waals surface area contributed by atoms with Crippen molar-refractivity contribution in [2.75, 3.05) is 0 Å². The maximum atomic E-state index is 2.17. The number of halogens is 1. The second-order valence-electron chi connectivity index (χ2n) is 2.86. The maximum Gasteiger partial charge on any atom is 0 e. The molecular formula is C12H12AlClP. The fourth-order valence-electron chi connectivity index (χ4n) is 1.21. The maximum absolute atomic E-state index is 2.17. The Morgan fingerprint density at radius 2 is 0.933 bits per heavy atom. The molecule has 0 saturated carbocycles. The molecule has 3 heteroatoms. The van der Waals surface area contributed by atoms with Crippen LogP contribution in [0.2, 0.25) is 0 Å². The van der Waals surface area contributed by atoms with Crippen LogP contribution in [-0.2, 0) is 0 Å². The van der Waals surface area contributed by atoms with Crippen LogP contribution < -0.4 is 10.6 Å². The van der Waals surface area contributed by atoms with E-state index in [1.807, 2.05) is 0 Å². The highest BCUT2D eigenvalue weighted by Gasteiger charge is 1.92. The van der Waals surface area contributed by atoms with Crippen LogP contribution in [0.15, 0.2) is 60.7 Å². The van der Waals surface area contributed by atoms with Gasteiger partial charge in [-0.05, 0) is 10.6 Å². The molecular weight excluding hydrogens is 238 g/mol. The standard InChI is InChI=1S/C12H11P.Al.ClH/c1-3-7-11(8-4-1)13-12-9-5-2-6-10-12;;/h1-10,13H;;1H. The third-order valence-electron chi connectivity index (χ3n) is 1.84. The molecule has 0 bridgehead atoms. The predicted octanol–water partition coefficient (Wildman–Crippen LogP) is 2.36. The van der Waals surface area contributed by atoms with E-state index in [0.29, 0.717) is 0 Å². The van der Waals surface area contributed by atoms with Crippen molar-refractivity contribution < 1.29 is 0 Å². The molecule has 2 rings (SSSR count). The minimum atomic E-state index is 0. The van der Waals surface area contributed by atoms with Gasteiger partial charge in [-0.15, -0.1) is 12.4 Å². The smallest absolute Gasteiger partial charge is 0 e. The van der Waals surface area contributed by atoms with E-state index in [1.165, 1.54) is 10.6 Å². The number of hydrogen-bond donors (Lipinski definition) is 0. The van der Waals surface area contributed by atoms with Crippen LogP contribution in [0.3, 0.4) is 0 Å². The van der Waals surface area contributed by atoms with Crippen molar-refractivity contribution in [2.24, 2.45) is 0 Å². The van der Waals surface area contributed by atoms with Crippen LogP contribution in [-0.4, -0.2) is 17.4 Å². The van der Waals surface area contributed by atoms with Crippen LogP contribution in [0.25, 0.3) is 0 Å². The number of rotatable bonds is 2. The third kappa shape index (κ3) is 4.83. The minimum absolute atomic E-state index is 0. The summed E-state index contributed by atoms with van der Waals surface area (Å²) in [5.74, 6) is 0. The lowest BCUT2D eigenvalue weighted by Crippen LogP contribution is -2.01. The van der Waals surface area contributed by atoms with Crippen LogP contribution in [0.1, 0.15) is 0 Å². The van der Waals surface area contributed by atoms with Gasteiger partial charge in [0, 0.05) is 17.4 Å². The lowest BCUT2D eigenvalue weighted by molar-refractivity contribution is 1.76. The van der Waals surface area contributed by atoms with E-state index in [0.717, 1.165) is 8.58 Å². The van der Waals surface area contributed by atoms with Crippen molar-refractivity contribution in [3.05, 3.63) is 60.7 Å². The first-order chi connectivity index (χ1) is 6.45. The van der Waals surface area contributed by atoms with Gasteiger partial charge in [-0.25, -0.2) is 0 Å². The topological polar surface area (TPSA) is 0 Å². The molecule has 0 aliphatic rings. The highest BCUT2D eigenvalue weighted by Crippen LogP contribution is 2.08. The Morgan fingerprint density at radius 3 is 1.27 bits per heavy atom. The van der Waals surface area contributed by atoms with E-state index >= 15 is 0 Å². The fourth-order valence-corrected chi connectivity index (χ4v) is 2.26. The lowest BCUT2D eigenvalue weighted by atomic mass is 10.4. The van der Waals surface area contributed by atoms with Crippen LogP contribution in [0, 0.1) is 0 Å². The highest BCUT2D eigenvalue weighted by atomic mass is 35.5. The summed E-state index contributed by atoms with van der Waals surface area (Å²) in [7, 11) is 0.777. The van der Waals surface area contributed by atoms with Gasteiger partial charge >= 0.3 is 0 Å². The fraction of sp³-hybridized carbons (Fsp3) is 0. The lowest BCUT2D eigenvalue weighted by Gasteiger charge is -2.00. The zero-order valence-corrected chi connectivity index (χ0v) is 11.2. The Balaban J connectivity index is 0.000000980. The zero-order chi connectivity index (χ0) is 8.93. The van der Waals surface area contributed by atoms with Crippen molar-refractivity contribution in [3.63, 3.8) is 0 Å². The van der Waals surface area contributed by atoms with E-state index in [4.69, 9.17) is 0 Å². The predicted molar refractivity (Wildman–Crippen MR) is 73.5 cm³/mol. The Hall–Kier alpha value is -0.308. The van der Waals surface area contributed by atoms with Gasteiger partial charge in [0.1, 0.15) is 0 Å². The summed E-state index contributed by atoms with van der Waals surface area (Å²) in [6.07, 6.45) is 0. The second-order valence-corrected chi connectivity index (χ2v) is 4.26. The summed E-state index contributed by atoms with van der Waals surface area (Å²) in [5.41, 5.74) is 0. The largest absolute Gasteiger partial charge is 0.147 e. The number of hydrogen-bond acceptors (Lipinski definition) is 0. The highest BCUT2D eigenvalue weighted by molar-refractivity contribution is 7.55. The molecule has 0 fully saturated rings. The molecule has 0 atom stereocenters. The van der Waals surface area contributed by atoms with Gasteiger partial charge < -0.3 is 0 Å². The van der Waals surface area contributed by atoms with Gasteiger partial charge in [0.2, 0.25) is 0 Å². The van der Waals surface area contributed by atoms with Gasteiger partial charge in [0.15, 0.2) is 0 Å². The van der Waals surface area contributed by atoms with E-state index in [9.17, 15) is 0 Å². The minimum Gasteiger partial charge on any atom is -0.147 e. The van der Waals surface area contributed by atoms with E-state index in [1.54, 1.807) is 0 Å². The molecule has 0 saturated heterocycles. The SMILES string of the molecule is Cl.[Al].c1ccc(Pc2ccccc2)cc1. The molecule has 0 spiro atoms. The third-order valence-corrected chi connectivity index (χ3v) is 3.08. The van der Waals surface area contributed by atoms with Gasteiger partial charge in [-0.3, -0.25) is 0 Å². The molecule has 0 N–H and O–H groups in total. The molecule has 0 aliphatic carbocycles. The first-order valence-corrected chi connectivity index (χ1v) is 5.32. The van der Waals surface area contributed by atoms with Crippen molar-refractivity contribution in [2.45, 2.75) is 0 Å². The molecule has 0 nitrogen and oxygen atoms in total. The van der Waals surface area contributed by atoms with Crippen molar-refractivity contribution in [3.8, 4) is 0 Å². The van der Waals surface area contributed by atoms with Crippen molar-refractivity contribution >= 4 is 49.0 Å². The molecule has 0 aliphatic heterocycles. The van der Waals surface area contributed by atoms with Gasteiger partial charge in [0.05, 0.1) is 0 Å². The molecule has 3 radical (unpaired) electrons. The summed E-state index contributed by atoms with van der Waals surface area (Å²) >= 11 is 0. The monoisotopic (exact) mass is 249 g/mol. The first-order valence-electron chi connectivity index (χ1n) is 4.32. The zero-order valence-electron chi connectivity index (χ0n) is 8.26. The van der Waals surface area contributed by atoms with Crippen molar-refractivity contribution in [1.82, 2.24) is 0 Å². The molecule has 15 heavy (non-hydrogen) atoms. The van der Waals surface area contributed by atoms with Crippen LogP contribution in [0.5, 0.6) is 0 Å². The van der Waals surface area contributed by atoms with Crippen LogP contribution >= 0.6 is 21.0 Å². The average Bonchev–Trinajstić information content (AvgIpc) is 2.21. The number of benzene rings is 2. The summed E-state index contributed by atoms with van der Waals surface area (Å²) in [6, 6.07) is 21.2. The quantitative estimate of drug-likeness (QED) is 0.566. The average molecular weight is 250 g/mol. The summed E-state index contributed by atoms with van der Waals surface area (Å²) in [4.78, 5) is 0. The van der Waals surface area contributed by atoms with Gasteiger partial charge in [-0.2, -0.15) is 0 Å². The Labute approximate surface area is 109 Å². The van der Waals surface area contributed by atoms with Crippen molar-refractivity contribution in [1.29, 1.82) is 0 Å². The van der Waals surface area contributed by atoms with E-state index < -0.39 is 0 Å². The molecule has 75 valence electrons. The normalized spacial score (nSPS) is 8.53. The first kappa shape index (κ1) is 14.7.